The summed E-state index contributed by atoms with van der Waals surface area (Å²) in [6.07, 6.45) is 0. The second-order valence-corrected chi connectivity index (χ2v) is 7.72. The van der Waals surface area contributed by atoms with Crippen LogP contribution in [-0.2, 0) is 10.0 Å². The second-order valence-electron chi connectivity index (χ2n) is 6.04. The van der Waals surface area contributed by atoms with E-state index >= 15 is 0 Å². The first-order chi connectivity index (χ1) is 13.3. The Labute approximate surface area is 162 Å². The highest BCUT2D eigenvalue weighted by molar-refractivity contribution is 7.90. The van der Waals surface area contributed by atoms with E-state index in [0.29, 0.717) is 12.3 Å². The zero-order chi connectivity index (χ0) is 20.3. The lowest BCUT2D eigenvalue weighted by atomic mass is 10.1. The Hall–Kier alpha value is -3.33. The molecule has 2 aromatic carbocycles. The van der Waals surface area contributed by atoms with Crippen LogP contribution >= 0.6 is 0 Å². The van der Waals surface area contributed by atoms with Gasteiger partial charge < -0.3 is 15.8 Å². The molecular formula is C19H20N4O4S. The molecule has 3 aromatic rings. The molecule has 0 saturated carbocycles. The Morgan fingerprint density at radius 1 is 1.14 bits per heavy atom. The largest absolute Gasteiger partial charge is 0.494 e. The predicted octanol–water partition coefficient (Wildman–Crippen LogP) is 3.04. The molecule has 0 atom stereocenters. The standard InChI is InChI=1S/C19H20N4O4S/c1-3-27-14-6-9-17-16(11-14)18(10-12(2)21-17)22-13-4-7-15(8-5-13)28(25,26)23-19(20)24/h4-11H,3H2,1-2H3,(H,21,22)(H3,20,23,24). The number of carbonyl (C=O) groups excluding carboxylic acids is 1. The monoisotopic (exact) mass is 400 g/mol. The van der Waals surface area contributed by atoms with Crippen LogP contribution in [-0.4, -0.2) is 26.0 Å². The minimum absolute atomic E-state index is 0.0637. The lowest BCUT2D eigenvalue weighted by molar-refractivity contribution is 0.253. The van der Waals surface area contributed by atoms with Crippen molar-refractivity contribution in [3.8, 4) is 5.75 Å². The fraction of sp³-hybridized carbons (Fsp3) is 0.158. The number of benzene rings is 2. The lowest BCUT2D eigenvalue weighted by Gasteiger charge is -2.13. The van der Waals surface area contributed by atoms with Crippen molar-refractivity contribution in [2.24, 2.45) is 5.73 Å². The minimum Gasteiger partial charge on any atom is -0.494 e. The van der Waals surface area contributed by atoms with Crippen LogP contribution in [0.25, 0.3) is 10.9 Å². The van der Waals surface area contributed by atoms with Gasteiger partial charge in [-0.1, -0.05) is 0 Å². The van der Waals surface area contributed by atoms with Crippen LogP contribution in [0.3, 0.4) is 0 Å². The van der Waals surface area contributed by atoms with Gasteiger partial charge in [0, 0.05) is 22.5 Å². The van der Waals surface area contributed by atoms with Gasteiger partial charge in [-0.2, -0.15) is 0 Å². The van der Waals surface area contributed by atoms with E-state index in [1.807, 2.05) is 38.1 Å². The SMILES string of the molecule is CCOc1ccc2nc(C)cc(Nc3ccc(S(=O)(=O)NC(N)=O)cc3)c2c1. The average molecular weight is 400 g/mol. The number of aryl methyl sites for hydroxylation is 1. The van der Waals surface area contributed by atoms with Gasteiger partial charge in [0.1, 0.15) is 5.75 Å². The number of anilines is 2. The number of rotatable bonds is 6. The summed E-state index contributed by atoms with van der Waals surface area (Å²) in [6.45, 7) is 4.37. The fourth-order valence-electron chi connectivity index (χ4n) is 2.76. The third-order valence-electron chi connectivity index (χ3n) is 3.90. The van der Waals surface area contributed by atoms with Crippen LogP contribution < -0.4 is 20.5 Å². The maximum atomic E-state index is 12.0. The van der Waals surface area contributed by atoms with E-state index in [-0.39, 0.29) is 4.90 Å². The number of nitrogens with zero attached hydrogens (tertiary/aromatic N) is 1. The van der Waals surface area contributed by atoms with E-state index < -0.39 is 16.1 Å². The number of amides is 2. The molecule has 9 heteroatoms. The Balaban J connectivity index is 1.94. The van der Waals surface area contributed by atoms with E-state index in [9.17, 15) is 13.2 Å². The molecule has 0 spiro atoms. The van der Waals surface area contributed by atoms with Gasteiger partial charge >= 0.3 is 6.03 Å². The van der Waals surface area contributed by atoms with Crippen molar-refractivity contribution in [1.82, 2.24) is 9.71 Å². The summed E-state index contributed by atoms with van der Waals surface area (Å²) < 4.78 is 31.2. The molecule has 0 aliphatic rings. The number of fused-ring (bicyclic) bond motifs is 1. The first-order valence-corrected chi connectivity index (χ1v) is 10.0. The average Bonchev–Trinajstić information content (AvgIpc) is 2.62. The summed E-state index contributed by atoms with van der Waals surface area (Å²) in [5.41, 5.74) is 8.03. The van der Waals surface area contributed by atoms with Crippen LogP contribution in [0, 0.1) is 6.92 Å². The van der Waals surface area contributed by atoms with Crippen molar-refractivity contribution >= 4 is 38.3 Å². The van der Waals surface area contributed by atoms with Gasteiger partial charge in [-0.05, 0) is 62.4 Å². The fourth-order valence-corrected chi connectivity index (χ4v) is 3.64. The van der Waals surface area contributed by atoms with Crippen molar-refractivity contribution in [1.29, 1.82) is 0 Å². The lowest BCUT2D eigenvalue weighted by Crippen LogP contribution is -2.34. The van der Waals surface area contributed by atoms with E-state index in [2.05, 4.69) is 10.3 Å². The first-order valence-electron chi connectivity index (χ1n) is 8.52. The maximum Gasteiger partial charge on any atom is 0.326 e. The molecule has 4 N–H and O–H groups in total. The van der Waals surface area contributed by atoms with Gasteiger partial charge in [-0.25, -0.2) is 17.9 Å². The molecule has 2 amide bonds. The number of carbonyl (C=O) groups is 1. The molecule has 0 bridgehead atoms. The number of primary amides is 1. The molecule has 1 heterocycles. The van der Waals surface area contributed by atoms with Gasteiger partial charge in [0.2, 0.25) is 0 Å². The number of hydrogen-bond acceptors (Lipinski definition) is 6. The van der Waals surface area contributed by atoms with Gasteiger partial charge in [-0.15, -0.1) is 0 Å². The summed E-state index contributed by atoms with van der Waals surface area (Å²) in [5, 5.41) is 4.15. The van der Waals surface area contributed by atoms with Gasteiger partial charge in [0.05, 0.1) is 17.0 Å². The second kappa shape index (κ2) is 7.73. The Morgan fingerprint density at radius 3 is 2.50 bits per heavy atom. The van der Waals surface area contributed by atoms with Crippen LogP contribution in [0.1, 0.15) is 12.6 Å². The zero-order valence-electron chi connectivity index (χ0n) is 15.4. The summed E-state index contributed by atoms with van der Waals surface area (Å²) in [4.78, 5) is 15.3. The van der Waals surface area contributed by atoms with Gasteiger partial charge in [0.15, 0.2) is 0 Å². The Morgan fingerprint density at radius 2 is 1.86 bits per heavy atom. The molecule has 0 aliphatic heterocycles. The molecule has 28 heavy (non-hydrogen) atoms. The van der Waals surface area contributed by atoms with Crippen molar-refractivity contribution in [3.05, 3.63) is 54.2 Å². The number of nitrogens with one attached hydrogen (secondary N) is 2. The molecule has 8 nitrogen and oxygen atoms in total. The highest BCUT2D eigenvalue weighted by Gasteiger charge is 2.15. The normalized spacial score (nSPS) is 11.2. The van der Waals surface area contributed by atoms with Crippen LogP contribution in [0.5, 0.6) is 5.75 Å². The van der Waals surface area contributed by atoms with E-state index in [1.165, 1.54) is 12.1 Å². The third-order valence-corrected chi connectivity index (χ3v) is 5.26. The molecular weight excluding hydrogens is 380 g/mol. The quantitative estimate of drug-likeness (QED) is 0.584. The summed E-state index contributed by atoms with van der Waals surface area (Å²) in [5.74, 6) is 0.739. The molecule has 0 radical (unpaired) electrons. The van der Waals surface area contributed by atoms with Crippen molar-refractivity contribution < 1.29 is 17.9 Å². The van der Waals surface area contributed by atoms with E-state index in [1.54, 1.807) is 16.9 Å². The van der Waals surface area contributed by atoms with E-state index in [0.717, 1.165) is 28.0 Å². The molecule has 146 valence electrons. The molecule has 0 unspecified atom stereocenters. The third kappa shape index (κ3) is 4.32. The summed E-state index contributed by atoms with van der Waals surface area (Å²) >= 11 is 0. The van der Waals surface area contributed by atoms with Gasteiger partial charge in [-0.3, -0.25) is 4.98 Å². The zero-order valence-corrected chi connectivity index (χ0v) is 16.2. The number of hydrogen-bond donors (Lipinski definition) is 3. The molecule has 1 aromatic heterocycles. The van der Waals surface area contributed by atoms with Crippen molar-refractivity contribution in [3.63, 3.8) is 0 Å². The van der Waals surface area contributed by atoms with Crippen LogP contribution in [0.15, 0.2) is 53.4 Å². The first kappa shape index (κ1) is 19.4. The number of sulfonamides is 1. The highest BCUT2D eigenvalue weighted by Crippen LogP contribution is 2.30. The molecule has 0 saturated heterocycles. The van der Waals surface area contributed by atoms with Crippen molar-refractivity contribution in [2.45, 2.75) is 18.7 Å². The Kier molecular flexibility index (Phi) is 5.36. The van der Waals surface area contributed by atoms with Crippen LogP contribution in [0.4, 0.5) is 16.2 Å². The molecule has 3 rings (SSSR count). The molecule has 0 fully saturated rings. The number of urea groups is 1. The number of ether oxygens (including phenoxy) is 1. The highest BCUT2D eigenvalue weighted by atomic mass is 32.2. The maximum absolute atomic E-state index is 12.0. The van der Waals surface area contributed by atoms with Crippen molar-refractivity contribution in [2.75, 3.05) is 11.9 Å². The smallest absolute Gasteiger partial charge is 0.326 e. The Bertz CT molecular complexity index is 1130. The number of nitrogens with two attached hydrogens (primary N) is 1. The predicted molar refractivity (Wildman–Crippen MR) is 107 cm³/mol. The topological polar surface area (TPSA) is 123 Å². The van der Waals surface area contributed by atoms with E-state index in [4.69, 9.17) is 10.5 Å². The minimum atomic E-state index is -3.98. The number of aromatic nitrogens is 1. The summed E-state index contributed by atoms with van der Waals surface area (Å²) in [6, 6.07) is 12.4. The number of pyridine rings is 1. The van der Waals surface area contributed by atoms with Crippen LogP contribution in [0.2, 0.25) is 0 Å². The van der Waals surface area contributed by atoms with Gasteiger partial charge in [0.25, 0.3) is 10.0 Å². The summed E-state index contributed by atoms with van der Waals surface area (Å²) in [7, 11) is -3.98. The molecule has 0 aliphatic carbocycles.